The van der Waals surface area contributed by atoms with Crippen LogP contribution in [0.5, 0.6) is 5.88 Å². The summed E-state index contributed by atoms with van der Waals surface area (Å²) in [6.45, 7) is 4.71. The molecule has 14 heteroatoms. The molecule has 0 spiro atoms. The third kappa shape index (κ3) is 6.34. The molecule has 10 nitrogen and oxygen atoms in total. The van der Waals surface area contributed by atoms with Crippen molar-refractivity contribution in [3.05, 3.63) is 54.2 Å². The van der Waals surface area contributed by atoms with Crippen molar-refractivity contribution < 1.29 is 31.1 Å². The van der Waals surface area contributed by atoms with Crippen molar-refractivity contribution in [3.8, 4) is 11.7 Å². The first-order chi connectivity index (χ1) is 21.3. The van der Waals surface area contributed by atoms with E-state index in [2.05, 4.69) is 33.9 Å². The van der Waals surface area contributed by atoms with Crippen LogP contribution in [0.3, 0.4) is 0 Å². The van der Waals surface area contributed by atoms with Crippen LogP contribution in [0.4, 0.5) is 24.7 Å². The Bertz CT molecular complexity index is 1690. The molecule has 2 fully saturated rings. The van der Waals surface area contributed by atoms with Crippen LogP contribution in [0.15, 0.2) is 53.6 Å². The first kappa shape index (κ1) is 31.2. The molecular formula is C31H37F3N6O4S. The van der Waals surface area contributed by atoms with E-state index in [0.29, 0.717) is 23.9 Å². The van der Waals surface area contributed by atoms with Crippen molar-refractivity contribution in [3.63, 3.8) is 0 Å². The van der Waals surface area contributed by atoms with E-state index < -0.39 is 27.5 Å². The summed E-state index contributed by atoms with van der Waals surface area (Å²) in [4.78, 5) is 20.6. The second-order valence-electron chi connectivity index (χ2n) is 12.8. The van der Waals surface area contributed by atoms with E-state index in [1.165, 1.54) is 22.9 Å². The van der Waals surface area contributed by atoms with Crippen LogP contribution in [0.2, 0.25) is 0 Å². The molecule has 0 radical (unpaired) electrons. The maximum atomic E-state index is 13.7. The molecule has 3 aliphatic rings. The molecule has 45 heavy (non-hydrogen) atoms. The minimum absolute atomic E-state index is 0.0341. The van der Waals surface area contributed by atoms with Gasteiger partial charge in [0.05, 0.1) is 22.5 Å². The van der Waals surface area contributed by atoms with Gasteiger partial charge in [-0.25, -0.2) is 22.8 Å². The first-order valence-electron chi connectivity index (χ1n) is 15.3. The fraction of sp³-hybridized carbons (Fsp3) is 0.516. The normalized spacial score (nSPS) is 22.2. The standard InChI is InChI=1S/C31H37F3N6O4S/c1-29(2)13-11-22-7-3-4-17-35-21-6-5-8-23(20-21)45(42,43)38-28(41)24-9-10-25(36-27(24)40(22)29)39-18-12-26(37-39)44-19-16-30(14-15-30)31(32,33)34/h5-6,8-10,12,18,20,22,35H,3-4,7,11,13-17,19H2,1-2H3,(H,38,41). The average Bonchev–Trinajstić information content (AvgIpc) is 3.53. The third-order valence-electron chi connectivity index (χ3n) is 9.19. The number of ether oxygens (including phenoxy) is 1. The lowest BCUT2D eigenvalue weighted by molar-refractivity contribution is -0.190. The van der Waals surface area contributed by atoms with Gasteiger partial charge in [-0.1, -0.05) is 6.07 Å². The highest BCUT2D eigenvalue weighted by Crippen LogP contribution is 2.59. The smallest absolute Gasteiger partial charge is 0.394 e. The molecule has 1 atom stereocenters. The topological polar surface area (TPSA) is 118 Å². The highest BCUT2D eigenvalue weighted by atomic mass is 32.2. The Hall–Kier alpha value is -3.81. The number of aromatic nitrogens is 3. The molecule has 242 valence electrons. The van der Waals surface area contributed by atoms with Gasteiger partial charge in [0.2, 0.25) is 5.88 Å². The van der Waals surface area contributed by atoms with Crippen molar-refractivity contribution in [1.82, 2.24) is 19.5 Å². The van der Waals surface area contributed by atoms with Gasteiger partial charge < -0.3 is 15.0 Å². The van der Waals surface area contributed by atoms with Gasteiger partial charge in [0.15, 0.2) is 5.82 Å². The number of alkyl halides is 3. The summed E-state index contributed by atoms with van der Waals surface area (Å²) in [6.07, 6.45) is 1.81. The monoisotopic (exact) mass is 646 g/mol. The van der Waals surface area contributed by atoms with Crippen molar-refractivity contribution in [1.29, 1.82) is 0 Å². The second kappa shape index (κ2) is 11.5. The van der Waals surface area contributed by atoms with Crippen LogP contribution in [0, 0.1) is 5.41 Å². The zero-order chi connectivity index (χ0) is 32.0. The molecule has 6 rings (SSSR count). The van der Waals surface area contributed by atoms with E-state index in [9.17, 15) is 26.4 Å². The molecule has 3 aromatic rings. The van der Waals surface area contributed by atoms with E-state index in [4.69, 9.17) is 9.72 Å². The number of benzene rings is 1. The van der Waals surface area contributed by atoms with Gasteiger partial charge in [-0.05, 0) is 95.5 Å². The molecule has 2 aromatic heterocycles. The lowest BCUT2D eigenvalue weighted by Gasteiger charge is -2.38. The number of sulfonamides is 1. The summed E-state index contributed by atoms with van der Waals surface area (Å²) in [5, 5.41) is 7.65. The molecule has 2 bridgehead atoms. The highest BCUT2D eigenvalue weighted by Gasteiger charge is 2.62. The predicted molar refractivity (Wildman–Crippen MR) is 162 cm³/mol. The van der Waals surface area contributed by atoms with E-state index >= 15 is 0 Å². The average molecular weight is 647 g/mol. The van der Waals surface area contributed by atoms with Crippen molar-refractivity contribution in [2.75, 3.05) is 23.4 Å². The maximum absolute atomic E-state index is 13.7. The van der Waals surface area contributed by atoms with Gasteiger partial charge in [0.25, 0.3) is 15.9 Å². The van der Waals surface area contributed by atoms with E-state index in [0.717, 1.165) is 32.1 Å². The Morgan fingerprint density at radius 3 is 2.62 bits per heavy atom. The number of fused-ring (bicyclic) bond motifs is 5. The third-order valence-corrected chi connectivity index (χ3v) is 10.5. The molecular weight excluding hydrogens is 609 g/mol. The number of pyridine rings is 1. The van der Waals surface area contributed by atoms with E-state index in [1.807, 2.05) is 0 Å². The van der Waals surface area contributed by atoms with Crippen molar-refractivity contribution >= 4 is 27.4 Å². The molecule has 2 N–H and O–H groups in total. The lowest BCUT2D eigenvalue weighted by atomic mass is 10.0. The number of nitrogens with one attached hydrogen (secondary N) is 2. The maximum Gasteiger partial charge on any atom is 0.394 e. The van der Waals surface area contributed by atoms with Gasteiger partial charge >= 0.3 is 6.18 Å². The minimum atomic E-state index is -4.25. The number of anilines is 2. The van der Waals surface area contributed by atoms with Gasteiger partial charge in [0, 0.05) is 36.1 Å². The highest BCUT2D eigenvalue weighted by molar-refractivity contribution is 7.90. The van der Waals surface area contributed by atoms with Gasteiger partial charge in [-0.15, -0.1) is 5.10 Å². The first-order valence-corrected chi connectivity index (χ1v) is 16.7. The van der Waals surface area contributed by atoms with Gasteiger partial charge in [-0.3, -0.25) is 4.79 Å². The molecule has 1 unspecified atom stereocenters. The van der Waals surface area contributed by atoms with Crippen LogP contribution in [-0.2, 0) is 10.0 Å². The number of hydrogen-bond acceptors (Lipinski definition) is 8. The van der Waals surface area contributed by atoms with Crippen LogP contribution in [0.25, 0.3) is 5.82 Å². The summed E-state index contributed by atoms with van der Waals surface area (Å²) < 4.78 is 75.7. The summed E-state index contributed by atoms with van der Waals surface area (Å²) >= 11 is 0. The largest absolute Gasteiger partial charge is 0.477 e. The Morgan fingerprint density at radius 2 is 1.87 bits per heavy atom. The number of carbonyl (C=O) groups is 1. The van der Waals surface area contributed by atoms with Crippen LogP contribution in [0.1, 0.15) is 75.6 Å². The quantitative estimate of drug-likeness (QED) is 0.355. The Kier molecular flexibility index (Phi) is 7.99. The van der Waals surface area contributed by atoms with Gasteiger partial charge in [0.1, 0.15) is 5.82 Å². The summed E-state index contributed by atoms with van der Waals surface area (Å²) in [5.74, 6) is 0.0459. The summed E-state index contributed by atoms with van der Waals surface area (Å²) in [6, 6.07) is 11.1. The fourth-order valence-electron chi connectivity index (χ4n) is 6.36. The Labute approximate surface area is 260 Å². The molecule has 1 saturated carbocycles. The van der Waals surface area contributed by atoms with Crippen LogP contribution in [-0.4, -0.2) is 60.0 Å². The molecule has 1 saturated heterocycles. The lowest BCUT2D eigenvalue weighted by Crippen LogP contribution is -2.45. The second-order valence-corrected chi connectivity index (χ2v) is 14.5. The molecule has 1 amide bonds. The Morgan fingerprint density at radius 1 is 1.07 bits per heavy atom. The minimum Gasteiger partial charge on any atom is -0.477 e. The van der Waals surface area contributed by atoms with E-state index in [-0.39, 0.29) is 53.8 Å². The molecule has 2 aliphatic heterocycles. The number of amides is 1. The molecule has 1 aromatic carbocycles. The van der Waals surface area contributed by atoms with Gasteiger partial charge in [-0.2, -0.15) is 13.2 Å². The zero-order valence-corrected chi connectivity index (χ0v) is 26.0. The zero-order valence-electron chi connectivity index (χ0n) is 25.2. The predicted octanol–water partition coefficient (Wildman–Crippen LogP) is 5.84. The number of hydrogen-bond donors (Lipinski definition) is 2. The summed E-state index contributed by atoms with van der Waals surface area (Å²) in [7, 11) is -4.20. The number of carbonyl (C=O) groups excluding carboxylic acids is 1. The SMILES string of the molecule is CC1(C)CCC2CCCCNc3cccc(c3)S(=O)(=O)NC(=O)c3ccc(-n4ccc(OCCC5(C(F)(F)F)CC5)n4)nc3N21. The summed E-state index contributed by atoms with van der Waals surface area (Å²) in [5.41, 5.74) is -1.27. The van der Waals surface area contributed by atoms with E-state index in [1.54, 1.807) is 30.5 Å². The van der Waals surface area contributed by atoms with Crippen molar-refractivity contribution in [2.45, 2.75) is 87.9 Å². The van der Waals surface area contributed by atoms with Crippen LogP contribution < -0.4 is 19.7 Å². The molecule has 4 heterocycles. The number of halogens is 3. The number of nitrogens with zero attached hydrogens (tertiary/aromatic N) is 4. The fourth-order valence-corrected chi connectivity index (χ4v) is 7.37. The number of rotatable bonds is 5. The Balaban J connectivity index is 1.32. The van der Waals surface area contributed by atoms with Crippen molar-refractivity contribution in [2.24, 2.45) is 5.41 Å². The van der Waals surface area contributed by atoms with Crippen LogP contribution >= 0.6 is 0 Å². The molecule has 1 aliphatic carbocycles.